The molecule has 2 N–H and O–H groups in total. The molecule has 0 aromatic heterocycles. The second-order valence-electron chi connectivity index (χ2n) is 8.01. The zero-order valence-electron chi connectivity index (χ0n) is 16.9. The van der Waals surface area contributed by atoms with Crippen LogP contribution in [0.15, 0.2) is 48.5 Å². The average molecular weight is 399 g/mol. The van der Waals surface area contributed by atoms with Crippen LogP contribution in [0.3, 0.4) is 0 Å². The van der Waals surface area contributed by atoms with Crippen molar-refractivity contribution in [2.45, 2.75) is 38.4 Å². The number of ether oxygens (including phenoxy) is 1. The van der Waals surface area contributed by atoms with E-state index in [9.17, 15) is 9.18 Å². The first-order valence-corrected chi connectivity index (χ1v) is 10.4. The predicted octanol–water partition coefficient (Wildman–Crippen LogP) is 2.24. The van der Waals surface area contributed by atoms with Gasteiger partial charge in [-0.05, 0) is 43.3 Å². The average Bonchev–Trinajstić information content (AvgIpc) is 3.59. The number of hydrogen-bond acceptors (Lipinski definition) is 3. The topological polar surface area (TPSA) is 46.0 Å². The summed E-state index contributed by atoms with van der Waals surface area (Å²) in [5.41, 5.74) is 3.03. The maximum absolute atomic E-state index is 13.2. The fourth-order valence-corrected chi connectivity index (χ4v) is 3.94. The molecule has 1 saturated carbocycles. The lowest BCUT2D eigenvalue weighted by Gasteiger charge is -2.29. The summed E-state index contributed by atoms with van der Waals surface area (Å²) in [4.78, 5) is 16.4. The number of rotatable bonds is 7. The number of nitrogens with one attached hydrogen (secondary N) is 2. The Morgan fingerprint density at radius 3 is 2.41 bits per heavy atom. The molecule has 2 aliphatic rings. The van der Waals surface area contributed by atoms with Gasteiger partial charge in [-0.15, -0.1) is 0 Å². The maximum Gasteiger partial charge on any atom is 0.282 e. The predicted molar refractivity (Wildman–Crippen MR) is 112 cm³/mol. The van der Waals surface area contributed by atoms with Crippen LogP contribution in [0.25, 0.3) is 0 Å². The lowest BCUT2D eigenvalue weighted by molar-refractivity contribution is -0.938. The summed E-state index contributed by atoms with van der Waals surface area (Å²) in [5, 5.41) is 3.07. The number of nitrogens with zero attached hydrogens (tertiary/aromatic N) is 1. The molecule has 4 rings (SSSR count). The standard InChI is InChI=1S/C23H28FN3O2/c1-17(27(22-10-11-22)16-18-2-4-19(24)5-3-18)23(28)25-20-6-8-21(9-7-20)26-12-14-29-15-13-26/h2-9,17,22H,10-16H2,1H3,(H,25,28)/p+1/t17-/m1/s1. The number of halogens is 1. The number of morpholine rings is 1. The van der Waals surface area contributed by atoms with Gasteiger partial charge in [0, 0.05) is 42.9 Å². The number of benzene rings is 2. The van der Waals surface area contributed by atoms with Crippen LogP contribution in [-0.2, 0) is 16.1 Å². The van der Waals surface area contributed by atoms with Gasteiger partial charge in [0.1, 0.15) is 12.4 Å². The summed E-state index contributed by atoms with van der Waals surface area (Å²) >= 11 is 0. The Hall–Kier alpha value is -2.44. The van der Waals surface area contributed by atoms with E-state index in [0.29, 0.717) is 6.04 Å². The molecule has 2 atom stereocenters. The van der Waals surface area contributed by atoms with Gasteiger partial charge in [-0.2, -0.15) is 0 Å². The lowest BCUT2D eigenvalue weighted by Crippen LogP contribution is -3.16. The van der Waals surface area contributed by atoms with Crippen molar-refractivity contribution >= 4 is 17.3 Å². The highest BCUT2D eigenvalue weighted by Gasteiger charge is 2.39. The molecule has 154 valence electrons. The van der Waals surface area contributed by atoms with Crippen LogP contribution in [0.1, 0.15) is 25.3 Å². The van der Waals surface area contributed by atoms with Gasteiger partial charge >= 0.3 is 0 Å². The summed E-state index contributed by atoms with van der Waals surface area (Å²) in [6.07, 6.45) is 2.28. The second-order valence-corrected chi connectivity index (χ2v) is 8.01. The Balaban J connectivity index is 1.37. The summed E-state index contributed by atoms with van der Waals surface area (Å²) in [7, 11) is 0. The number of carbonyl (C=O) groups excluding carboxylic acids is 1. The molecule has 2 aromatic carbocycles. The molecule has 6 heteroatoms. The molecule has 1 aliphatic carbocycles. The molecule has 2 aromatic rings. The van der Waals surface area contributed by atoms with Gasteiger partial charge in [-0.3, -0.25) is 4.79 Å². The first-order valence-electron chi connectivity index (χ1n) is 10.4. The molecule has 1 aliphatic heterocycles. The van der Waals surface area contributed by atoms with Crippen molar-refractivity contribution in [3.63, 3.8) is 0 Å². The highest BCUT2D eigenvalue weighted by Crippen LogP contribution is 2.20. The van der Waals surface area contributed by atoms with E-state index in [1.807, 2.05) is 31.2 Å². The van der Waals surface area contributed by atoms with Crippen molar-refractivity contribution in [3.05, 3.63) is 59.9 Å². The van der Waals surface area contributed by atoms with Gasteiger partial charge in [0.05, 0.1) is 19.3 Å². The van der Waals surface area contributed by atoms with Crippen LogP contribution < -0.4 is 15.1 Å². The zero-order valence-corrected chi connectivity index (χ0v) is 16.9. The third-order valence-electron chi connectivity index (χ3n) is 5.88. The first-order chi connectivity index (χ1) is 14.1. The quantitative estimate of drug-likeness (QED) is 0.752. The molecule has 5 nitrogen and oxygen atoms in total. The Morgan fingerprint density at radius 2 is 1.79 bits per heavy atom. The molecule has 2 fully saturated rings. The molecule has 1 unspecified atom stereocenters. The first kappa shape index (κ1) is 19.9. The van der Waals surface area contributed by atoms with Crippen LogP contribution in [-0.4, -0.2) is 44.3 Å². The number of amides is 1. The number of hydrogen-bond donors (Lipinski definition) is 2. The van der Waals surface area contributed by atoms with E-state index >= 15 is 0 Å². The third kappa shape index (κ3) is 5.14. The van der Waals surface area contributed by atoms with E-state index in [1.54, 1.807) is 0 Å². The van der Waals surface area contributed by atoms with Crippen molar-refractivity contribution in [3.8, 4) is 0 Å². The van der Waals surface area contributed by atoms with Crippen molar-refractivity contribution in [2.75, 3.05) is 36.5 Å². The van der Waals surface area contributed by atoms with E-state index in [1.165, 1.54) is 17.0 Å². The molecule has 1 amide bonds. The van der Waals surface area contributed by atoms with Gasteiger partial charge in [0.2, 0.25) is 0 Å². The molecule has 0 bridgehead atoms. The fourth-order valence-electron chi connectivity index (χ4n) is 3.94. The van der Waals surface area contributed by atoms with Crippen LogP contribution >= 0.6 is 0 Å². The van der Waals surface area contributed by atoms with Gasteiger partial charge in [0.15, 0.2) is 6.04 Å². The number of carbonyl (C=O) groups is 1. The molecular weight excluding hydrogens is 369 g/mol. The van der Waals surface area contributed by atoms with Crippen LogP contribution in [0.2, 0.25) is 0 Å². The number of anilines is 2. The Morgan fingerprint density at radius 1 is 1.14 bits per heavy atom. The third-order valence-corrected chi connectivity index (χ3v) is 5.88. The number of quaternary nitrogens is 1. The minimum Gasteiger partial charge on any atom is -0.378 e. The summed E-state index contributed by atoms with van der Waals surface area (Å²) in [5.74, 6) is -0.207. The van der Waals surface area contributed by atoms with Crippen LogP contribution in [0, 0.1) is 5.82 Å². The monoisotopic (exact) mass is 398 g/mol. The van der Waals surface area contributed by atoms with Crippen molar-refractivity contribution < 1.29 is 18.8 Å². The second kappa shape index (κ2) is 8.93. The van der Waals surface area contributed by atoms with Gasteiger partial charge in [0.25, 0.3) is 5.91 Å². The van der Waals surface area contributed by atoms with Crippen LogP contribution in [0.4, 0.5) is 15.8 Å². The smallest absolute Gasteiger partial charge is 0.282 e. The van der Waals surface area contributed by atoms with Gasteiger partial charge in [-0.1, -0.05) is 12.1 Å². The molecule has 0 radical (unpaired) electrons. The molecule has 0 spiro atoms. The van der Waals surface area contributed by atoms with E-state index < -0.39 is 0 Å². The van der Waals surface area contributed by atoms with E-state index in [4.69, 9.17) is 4.74 Å². The normalized spacial score (nSPS) is 18.9. The van der Waals surface area contributed by atoms with Crippen molar-refractivity contribution in [2.24, 2.45) is 0 Å². The van der Waals surface area contributed by atoms with E-state index in [2.05, 4.69) is 22.3 Å². The summed E-state index contributed by atoms with van der Waals surface area (Å²) in [6.45, 7) is 6.01. The highest BCUT2D eigenvalue weighted by molar-refractivity contribution is 5.93. The Kier molecular flexibility index (Phi) is 6.11. The van der Waals surface area contributed by atoms with Gasteiger partial charge < -0.3 is 19.9 Å². The lowest BCUT2D eigenvalue weighted by atomic mass is 10.1. The Labute approximate surface area is 171 Å². The molecule has 29 heavy (non-hydrogen) atoms. The molecule has 1 heterocycles. The fraction of sp³-hybridized carbons (Fsp3) is 0.435. The van der Waals surface area contributed by atoms with Crippen molar-refractivity contribution in [1.82, 2.24) is 0 Å². The summed E-state index contributed by atoms with van der Waals surface area (Å²) < 4.78 is 18.6. The minimum absolute atomic E-state index is 0.0214. The molecular formula is C23H29FN3O2+. The van der Waals surface area contributed by atoms with Gasteiger partial charge in [-0.25, -0.2) is 4.39 Å². The molecule has 1 saturated heterocycles. The minimum atomic E-state index is -0.229. The maximum atomic E-state index is 13.2. The highest BCUT2D eigenvalue weighted by atomic mass is 19.1. The van der Waals surface area contributed by atoms with Crippen molar-refractivity contribution in [1.29, 1.82) is 0 Å². The van der Waals surface area contributed by atoms with E-state index in [-0.39, 0.29) is 17.8 Å². The Bertz CT molecular complexity index is 815. The van der Waals surface area contributed by atoms with E-state index in [0.717, 1.165) is 62.6 Å². The zero-order chi connectivity index (χ0) is 20.2. The van der Waals surface area contributed by atoms with Crippen LogP contribution in [0.5, 0.6) is 0 Å². The summed E-state index contributed by atoms with van der Waals surface area (Å²) in [6, 6.07) is 15.0. The SMILES string of the molecule is C[C@H](C(=O)Nc1ccc(N2CCOCC2)cc1)[NH+](Cc1ccc(F)cc1)C1CC1. The largest absolute Gasteiger partial charge is 0.378 e.